The largest absolute Gasteiger partial charge is 0.465 e. The van der Waals surface area contributed by atoms with E-state index in [4.69, 9.17) is 9.47 Å². The van der Waals surface area contributed by atoms with Crippen molar-refractivity contribution in [2.75, 3.05) is 26.8 Å². The van der Waals surface area contributed by atoms with E-state index >= 15 is 0 Å². The van der Waals surface area contributed by atoms with Crippen molar-refractivity contribution in [3.63, 3.8) is 0 Å². The Hall–Kier alpha value is -0.610. The quantitative estimate of drug-likeness (QED) is 0.720. The van der Waals surface area contributed by atoms with Crippen molar-refractivity contribution in [3.05, 3.63) is 0 Å². The topological polar surface area (TPSA) is 47.6 Å². The van der Waals surface area contributed by atoms with Gasteiger partial charge in [-0.15, -0.1) is 0 Å². The Balaban J connectivity index is 2.25. The van der Waals surface area contributed by atoms with Crippen LogP contribution in [0.2, 0.25) is 0 Å². The fourth-order valence-electron chi connectivity index (χ4n) is 1.73. The van der Waals surface area contributed by atoms with Crippen LogP contribution in [0.5, 0.6) is 0 Å². The summed E-state index contributed by atoms with van der Waals surface area (Å²) in [6.45, 7) is 8.13. The number of esters is 1. The molecular weight excluding hydrogens is 206 g/mol. The minimum atomic E-state index is -0.222. The van der Waals surface area contributed by atoms with Crippen LogP contribution in [0, 0.1) is 11.8 Å². The van der Waals surface area contributed by atoms with Gasteiger partial charge in [-0.1, -0.05) is 6.92 Å². The molecule has 2 atom stereocenters. The molecule has 0 bridgehead atoms. The summed E-state index contributed by atoms with van der Waals surface area (Å²) in [5.74, 6) is 0.318. The number of carbonyl (C=O) groups excluding carboxylic acids is 1. The molecule has 1 aliphatic rings. The van der Waals surface area contributed by atoms with Crippen molar-refractivity contribution in [1.82, 2.24) is 5.32 Å². The van der Waals surface area contributed by atoms with Gasteiger partial charge < -0.3 is 14.8 Å². The first-order chi connectivity index (χ1) is 7.46. The fourth-order valence-corrected chi connectivity index (χ4v) is 1.73. The molecule has 1 aliphatic heterocycles. The molecule has 1 rings (SSSR count). The third kappa shape index (κ3) is 3.76. The standard InChI is InChI=1S/C12H23NO3/c1-9-7-13-8-10(9)11(14)16-6-5-12(2,3)15-4/h9-10,13H,5-8H2,1-4H3. The molecule has 1 fully saturated rings. The second-order valence-corrected chi connectivity index (χ2v) is 5.12. The summed E-state index contributed by atoms with van der Waals surface area (Å²) in [7, 11) is 1.67. The van der Waals surface area contributed by atoms with Crippen LogP contribution >= 0.6 is 0 Å². The minimum Gasteiger partial charge on any atom is -0.465 e. The highest BCUT2D eigenvalue weighted by Gasteiger charge is 2.31. The van der Waals surface area contributed by atoms with Gasteiger partial charge in [0.1, 0.15) is 0 Å². The summed E-state index contributed by atoms with van der Waals surface area (Å²) in [4.78, 5) is 11.7. The van der Waals surface area contributed by atoms with E-state index in [0.29, 0.717) is 12.5 Å². The average molecular weight is 229 g/mol. The normalized spacial score (nSPS) is 25.8. The number of ether oxygens (including phenoxy) is 2. The lowest BCUT2D eigenvalue weighted by molar-refractivity contribution is -0.150. The average Bonchev–Trinajstić information content (AvgIpc) is 2.64. The highest BCUT2D eigenvalue weighted by atomic mass is 16.5. The summed E-state index contributed by atoms with van der Waals surface area (Å²) < 4.78 is 10.5. The van der Waals surface area contributed by atoms with Crippen molar-refractivity contribution >= 4 is 5.97 Å². The molecule has 0 aromatic heterocycles. The van der Waals surface area contributed by atoms with E-state index in [0.717, 1.165) is 19.5 Å². The molecule has 0 aliphatic carbocycles. The van der Waals surface area contributed by atoms with Crippen LogP contribution in [0.4, 0.5) is 0 Å². The van der Waals surface area contributed by atoms with Gasteiger partial charge in [0.15, 0.2) is 0 Å². The summed E-state index contributed by atoms with van der Waals surface area (Å²) in [6, 6.07) is 0. The SMILES string of the molecule is COC(C)(C)CCOC(=O)C1CNCC1C. The van der Waals surface area contributed by atoms with E-state index in [1.807, 2.05) is 13.8 Å². The second kappa shape index (κ2) is 5.64. The van der Waals surface area contributed by atoms with Gasteiger partial charge >= 0.3 is 5.97 Å². The highest BCUT2D eigenvalue weighted by Crippen LogP contribution is 2.18. The van der Waals surface area contributed by atoms with Gasteiger partial charge in [-0.05, 0) is 26.3 Å². The number of carbonyl (C=O) groups is 1. The van der Waals surface area contributed by atoms with Crippen LogP contribution in [0.3, 0.4) is 0 Å². The molecule has 0 radical (unpaired) electrons. The highest BCUT2D eigenvalue weighted by molar-refractivity contribution is 5.73. The molecule has 0 spiro atoms. The van der Waals surface area contributed by atoms with E-state index in [1.54, 1.807) is 7.11 Å². The van der Waals surface area contributed by atoms with Crippen molar-refractivity contribution in [2.24, 2.45) is 11.8 Å². The predicted molar refractivity (Wildman–Crippen MR) is 62.2 cm³/mol. The molecule has 0 aromatic carbocycles. The van der Waals surface area contributed by atoms with Gasteiger partial charge in [0.2, 0.25) is 0 Å². The van der Waals surface area contributed by atoms with Crippen molar-refractivity contribution < 1.29 is 14.3 Å². The zero-order chi connectivity index (χ0) is 12.2. The zero-order valence-electron chi connectivity index (χ0n) is 10.7. The molecule has 1 saturated heterocycles. The molecular formula is C12H23NO3. The maximum Gasteiger partial charge on any atom is 0.310 e. The lowest BCUT2D eigenvalue weighted by Gasteiger charge is -2.23. The lowest BCUT2D eigenvalue weighted by Crippen LogP contribution is -2.28. The fraction of sp³-hybridized carbons (Fsp3) is 0.917. The number of rotatable bonds is 5. The molecule has 94 valence electrons. The van der Waals surface area contributed by atoms with E-state index < -0.39 is 0 Å². The third-order valence-corrected chi connectivity index (χ3v) is 3.32. The van der Waals surface area contributed by atoms with E-state index in [2.05, 4.69) is 12.2 Å². The summed E-state index contributed by atoms with van der Waals surface area (Å²) in [5.41, 5.74) is -0.222. The monoisotopic (exact) mass is 229 g/mol. The van der Waals surface area contributed by atoms with Gasteiger partial charge in [0.25, 0.3) is 0 Å². The lowest BCUT2D eigenvalue weighted by atomic mass is 9.98. The first-order valence-corrected chi connectivity index (χ1v) is 5.89. The number of methoxy groups -OCH3 is 1. The molecule has 0 saturated carbocycles. The Morgan fingerprint density at radius 3 is 2.62 bits per heavy atom. The maximum atomic E-state index is 11.7. The Kier molecular flexibility index (Phi) is 4.74. The Morgan fingerprint density at radius 2 is 2.12 bits per heavy atom. The summed E-state index contributed by atoms with van der Waals surface area (Å²) >= 11 is 0. The first-order valence-electron chi connectivity index (χ1n) is 5.89. The molecule has 4 heteroatoms. The first kappa shape index (κ1) is 13.5. The van der Waals surface area contributed by atoms with E-state index in [-0.39, 0.29) is 17.5 Å². The van der Waals surface area contributed by atoms with Gasteiger partial charge in [0.05, 0.1) is 18.1 Å². The Bertz CT molecular complexity index is 240. The Labute approximate surface area is 97.7 Å². The Morgan fingerprint density at radius 1 is 1.44 bits per heavy atom. The zero-order valence-corrected chi connectivity index (χ0v) is 10.7. The van der Waals surface area contributed by atoms with E-state index in [1.165, 1.54) is 0 Å². The second-order valence-electron chi connectivity index (χ2n) is 5.12. The number of hydrogen-bond donors (Lipinski definition) is 1. The molecule has 0 aromatic rings. The van der Waals surface area contributed by atoms with Crippen molar-refractivity contribution in [1.29, 1.82) is 0 Å². The predicted octanol–water partition coefficient (Wildman–Crippen LogP) is 1.20. The van der Waals surface area contributed by atoms with Crippen molar-refractivity contribution in [2.45, 2.75) is 32.8 Å². The van der Waals surface area contributed by atoms with Gasteiger partial charge in [-0.2, -0.15) is 0 Å². The molecule has 0 amide bonds. The van der Waals surface area contributed by atoms with Gasteiger partial charge in [-0.25, -0.2) is 0 Å². The van der Waals surface area contributed by atoms with Crippen LogP contribution in [0.15, 0.2) is 0 Å². The molecule has 1 N–H and O–H groups in total. The van der Waals surface area contributed by atoms with Crippen LogP contribution in [0.25, 0.3) is 0 Å². The summed E-state index contributed by atoms with van der Waals surface area (Å²) in [6.07, 6.45) is 0.726. The van der Waals surface area contributed by atoms with Crippen LogP contribution in [0.1, 0.15) is 27.2 Å². The summed E-state index contributed by atoms with van der Waals surface area (Å²) in [5, 5.41) is 3.20. The van der Waals surface area contributed by atoms with Crippen LogP contribution in [-0.2, 0) is 14.3 Å². The third-order valence-electron chi connectivity index (χ3n) is 3.32. The van der Waals surface area contributed by atoms with E-state index in [9.17, 15) is 4.79 Å². The smallest absolute Gasteiger partial charge is 0.310 e. The molecule has 1 heterocycles. The minimum absolute atomic E-state index is 0.0191. The van der Waals surface area contributed by atoms with Gasteiger partial charge in [0, 0.05) is 20.1 Å². The van der Waals surface area contributed by atoms with Gasteiger partial charge in [-0.3, -0.25) is 4.79 Å². The molecule has 4 nitrogen and oxygen atoms in total. The molecule has 2 unspecified atom stereocenters. The maximum absolute atomic E-state index is 11.7. The van der Waals surface area contributed by atoms with Crippen LogP contribution < -0.4 is 5.32 Å². The number of hydrogen-bond acceptors (Lipinski definition) is 4. The number of nitrogens with one attached hydrogen (secondary N) is 1. The van der Waals surface area contributed by atoms with Crippen molar-refractivity contribution in [3.8, 4) is 0 Å². The van der Waals surface area contributed by atoms with Crippen LogP contribution in [-0.4, -0.2) is 38.4 Å². The molecule has 16 heavy (non-hydrogen) atoms.